The topological polar surface area (TPSA) is 0 Å². The Morgan fingerprint density at radius 1 is 0.833 bits per heavy atom. The summed E-state index contributed by atoms with van der Waals surface area (Å²) in [4.78, 5) is 0. The Morgan fingerprint density at radius 2 is 1.28 bits per heavy atom. The van der Waals surface area contributed by atoms with Crippen LogP contribution in [-0.4, -0.2) is 18.4 Å². The third-order valence-electron chi connectivity index (χ3n) is 4.01. The molecule has 0 aliphatic carbocycles. The van der Waals surface area contributed by atoms with Gasteiger partial charge < -0.3 is 0 Å². The molecule has 0 aliphatic heterocycles. The van der Waals surface area contributed by atoms with Crippen LogP contribution < -0.4 is 0 Å². The van der Waals surface area contributed by atoms with E-state index in [-0.39, 0.29) is 0 Å². The molecule has 0 amide bonds. The van der Waals surface area contributed by atoms with Gasteiger partial charge in [0.05, 0.1) is 0 Å². The fourth-order valence-corrected chi connectivity index (χ4v) is 17.9. The quantitative estimate of drug-likeness (QED) is 0.273. The van der Waals surface area contributed by atoms with Crippen molar-refractivity contribution in [2.75, 3.05) is 0 Å². The molecule has 0 aliphatic rings. The first-order valence-electron chi connectivity index (χ1n) is 8.02. The van der Waals surface area contributed by atoms with E-state index in [0.29, 0.717) is 0 Å². The molecule has 0 saturated heterocycles. The van der Waals surface area contributed by atoms with E-state index < -0.39 is 18.4 Å². The van der Waals surface area contributed by atoms with E-state index in [9.17, 15) is 0 Å². The second kappa shape index (κ2) is 12.3. The summed E-state index contributed by atoms with van der Waals surface area (Å²) in [6.45, 7) is 10.8. The average Bonchev–Trinajstić information content (AvgIpc) is 2.40. The fourth-order valence-electron chi connectivity index (χ4n) is 2.75. The SMILES string of the molecule is C=C/C=C\[CH2][Sn]([CH2]CCC)([CH2]CCC)[CH2]CCC. The number of hydrogen-bond acceptors (Lipinski definition) is 0. The van der Waals surface area contributed by atoms with Crippen LogP contribution in [0.1, 0.15) is 59.3 Å². The van der Waals surface area contributed by atoms with Crippen LogP contribution in [0.2, 0.25) is 17.7 Å². The summed E-state index contributed by atoms with van der Waals surface area (Å²) in [5, 5.41) is 0. The van der Waals surface area contributed by atoms with Gasteiger partial charge in [-0.15, -0.1) is 0 Å². The minimum absolute atomic E-state index is 1.38. The van der Waals surface area contributed by atoms with Crippen LogP contribution in [0.3, 0.4) is 0 Å². The monoisotopic (exact) mass is 358 g/mol. The molecule has 0 rings (SSSR count). The molecule has 1 heteroatoms. The first kappa shape index (κ1) is 18.3. The van der Waals surface area contributed by atoms with Gasteiger partial charge >= 0.3 is 120 Å². The molecule has 0 heterocycles. The van der Waals surface area contributed by atoms with Crippen molar-refractivity contribution in [1.29, 1.82) is 0 Å². The van der Waals surface area contributed by atoms with Gasteiger partial charge in [-0.1, -0.05) is 0 Å². The molecule has 18 heavy (non-hydrogen) atoms. The molecule has 0 unspecified atom stereocenters. The van der Waals surface area contributed by atoms with Crippen LogP contribution in [-0.2, 0) is 0 Å². The third-order valence-corrected chi connectivity index (χ3v) is 19.3. The summed E-state index contributed by atoms with van der Waals surface area (Å²) in [7, 11) is 0. The number of allylic oxidation sites excluding steroid dienone is 3. The maximum atomic E-state index is 3.80. The van der Waals surface area contributed by atoms with E-state index in [1.807, 2.05) is 6.08 Å². The molecule has 0 aromatic rings. The van der Waals surface area contributed by atoms with Crippen LogP contribution in [0.25, 0.3) is 0 Å². The van der Waals surface area contributed by atoms with E-state index >= 15 is 0 Å². The van der Waals surface area contributed by atoms with Crippen molar-refractivity contribution in [1.82, 2.24) is 0 Å². The maximum absolute atomic E-state index is 3.80. The molecule has 0 aromatic carbocycles. The Balaban J connectivity index is 4.60. The predicted octanol–water partition coefficient (Wildman–Crippen LogP) is 6.58. The number of rotatable bonds is 12. The summed E-state index contributed by atoms with van der Waals surface area (Å²) in [5.74, 6) is 0. The number of unbranched alkanes of at least 4 members (excludes halogenated alkanes) is 3. The summed E-state index contributed by atoms with van der Waals surface area (Å²) in [5.41, 5.74) is 0. The second-order valence-corrected chi connectivity index (χ2v) is 19.7. The Kier molecular flexibility index (Phi) is 12.5. The van der Waals surface area contributed by atoms with Crippen molar-refractivity contribution in [3.8, 4) is 0 Å². The first-order chi connectivity index (χ1) is 8.74. The molecule has 0 fully saturated rings. The van der Waals surface area contributed by atoms with Gasteiger partial charge in [-0.25, -0.2) is 0 Å². The van der Waals surface area contributed by atoms with E-state index in [4.69, 9.17) is 0 Å². The molecule has 0 N–H and O–H groups in total. The summed E-state index contributed by atoms with van der Waals surface area (Å²) >= 11 is -1.85. The Hall–Kier alpha value is 0.279. The Bertz CT molecular complexity index is 196. The molecule has 0 saturated carbocycles. The Morgan fingerprint density at radius 3 is 1.61 bits per heavy atom. The Labute approximate surface area is 120 Å². The molecule has 0 radical (unpaired) electrons. The van der Waals surface area contributed by atoms with Crippen LogP contribution in [0.4, 0.5) is 0 Å². The molecular formula is C17H34Sn. The van der Waals surface area contributed by atoms with Gasteiger partial charge in [-0.3, -0.25) is 0 Å². The molecule has 0 spiro atoms. The van der Waals surface area contributed by atoms with Gasteiger partial charge in [0.2, 0.25) is 0 Å². The van der Waals surface area contributed by atoms with Crippen molar-refractivity contribution in [3.05, 3.63) is 24.8 Å². The molecular weight excluding hydrogens is 323 g/mol. The van der Waals surface area contributed by atoms with Gasteiger partial charge in [-0.2, -0.15) is 0 Å². The number of hydrogen-bond donors (Lipinski definition) is 0. The van der Waals surface area contributed by atoms with Crippen molar-refractivity contribution in [2.24, 2.45) is 0 Å². The fraction of sp³-hybridized carbons (Fsp3) is 0.765. The van der Waals surface area contributed by atoms with Crippen molar-refractivity contribution in [3.63, 3.8) is 0 Å². The van der Waals surface area contributed by atoms with E-state index in [1.165, 1.54) is 43.0 Å². The van der Waals surface area contributed by atoms with Crippen LogP contribution in [0.15, 0.2) is 24.8 Å². The van der Waals surface area contributed by atoms with Crippen LogP contribution in [0.5, 0.6) is 0 Å². The van der Waals surface area contributed by atoms with Crippen molar-refractivity contribution < 1.29 is 0 Å². The third kappa shape index (κ3) is 8.39. The van der Waals surface area contributed by atoms with Crippen molar-refractivity contribution in [2.45, 2.75) is 77.0 Å². The standard InChI is InChI=1S/C5H7.3C4H9.Sn/c1-3-5-4-2;3*1-3-4-2;/h3-5H,1-2H2;3*1,3-4H2,2H3;/b5-3-;;;;. The first-order valence-corrected chi connectivity index (χ1v) is 16.1. The molecule has 0 aromatic heterocycles. The molecule has 0 bridgehead atoms. The average molecular weight is 357 g/mol. The van der Waals surface area contributed by atoms with E-state index in [2.05, 4.69) is 39.5 Å². The van der Waals surface area contributed by atoms with Gasteiger partial charge in [0.1, 0.15) is 0 Å². The summed E-state index contributed by atoms with van der Waals surface area (Å²) < 4.78 is 6.31. The summed E-state index contributed by atoms with van der Waals surface area (Å²) in [6, 6.07) is 0. The molecule has 0 atom stereocenters. The summed E-state index contributed by atoms with van der Waals surface area (Å²) in [6.07, 6.45) is 15.1. The molecule has 0 nitrogen and oxygen atoms in total. The minimum atomic E-state index is -1.85. The van der Waals surface area contributed by atoms with E-state index in [1.54, 1.807) is 13.3 Å². The van der Waals surface area contributed by atoms with Gasteiger partial charge in [0.15, 0.2) is 0 Å². The predicted molar refractivity (Wildman–Crippen MR) is 89.0 cm³/mol. The van der Waals surface area contributed by atoms with Crippen LogP contribution in [0, 0.1) is 0 Å². The normalized spacial score (nSPS) is 12.2. The zero-order valence-corrected chi connectivity index (χ0v) is 15.9. The second-order valence-electron chi connectivity index (χ2n) is 5.68. The van der Waals surface area contributed by atoms with Gasteiger partial charge in [-0.05, 0) is 0 Å². The van der Waals surface area contributed by atoms with Gasteiger partial charge in [0, 0.05) is 0 Å². The van der Waals surface area contributed by atoms with Gasteiger partial charge in [0.25, 0.3) is 0 Å². The zero-order valence-electron chi connectivity index (χ0n) is 13.0. The molecule has 106 valence electrons. The zero-order chi connectivity index (χ0) is 13.7. The van der Waals surface area contributed by atoms with Crippen LogP contribution >= 0.6 is 0 Å². The van der Waals surface area contributed by atoms with Crippen molar-refractivity contribution >= 4 is 18.4 Å². The van der Waals surface area contributed by atoms with E-state index in [0.717, 1.165) is 0 Å².